The third-order valence-corrected chi connectivity index (χ3v) is 7.89. The average Bonchev–Trinajstić information content (AvgIpc) is 3.03. The number of esters is 1. The zero-order valence-corrected chi connectivity index (χ0v) is 25.0. The van der Waals surface area contributed by atoms with Gasteiger partial charge >= 0.3 is 5.97 Å². The van der Waals surface area contributed by atoms with Crippen molar-refractivity contribution in [2.75, 3.05) is 34.5 Å². The van der Waals surface area contributed by atoms with E-state index in [1.165, 1.54) is 0 Å². The van der Waals surface area contributed by atoms with Crippen molar-refractivity contribution in [3.8, 4) is 17.2 Å². The summed E-state index contributed by atoms with van der Waals surface area (Å²) >= 11 is 0. The number of Topliss-reactive ketones (excluding diaryl/α,β-unsaturated/α-hetero) is 1. The fraction of sp³-hybridized carbons (Fsp3) is 0.314. The summed E-state index contributed by atoms with van der Waals surface area (Å²) in [4.78, 5) is 27.5. The molecule has 8 heteroatoms. The number of carbonyl (C=O) groups excluding carboxylic acids is 2. The number of dihydropyridines is 1. The molecule has 0 amide bonds. The molecule has 3 aromatic carbocycles. The first-order valence-corrected chi connectivity index (χ1v) is 14.3. The minimum atomic E-state index is -0.606. The summed E-state index contributed by atoms with van der Waals surface area (Å²) in [6, 6.07) is 23.3. The molecule has 2 atom stereocenters. The maximum absolute atomic E-state index is 14.0. The van der Waals surface area contributed by atoms with Crippen molar-refractivity contribution in [2.24, 2.45) is 0 Å². The van der Waals surface area contributed by atoms with Crippen LogP contribution >= 0.6 is 0 Å². The van der Waals surface area contributed by atoms with E-state index < -0.39 is 11.9 Å². The zero-order chi connectivity index (χ0) is 30.3. The van der Waals surface area contributed by atoms with Gasteiger partial charge in [0.15, 0.2) is 17.3 Å². The van der Waals surface area contributed by atoms with Crippen LogP contribution in [0.2, 0.25) is 0 Å². The van der Waals surface area contributed by atoms with Crippen LogP contribution in [0, 0.1) is 0 Å². The lowest BCUT2D eigenvalue weighted by Crippen LogP contribution is -2.36. The van der Waals surface area contributed by atoms with E-state index in [0.29, 0.717) is 53.5 Å². The number of ketones is 1. The minimum Gasteiger partial charge on any atom is -0.493 e. The quantitative estimate of drug-likeness (QED) is 0.223. The van der Waals surface area contributed by atoms with E-state index in [0.717, 1.165) is 22.4 Å². The monoisotopic (exact) mass is 583 g/mol. The highest BCUT2D eigenvalue weighted by molar-refractivity contribution is 6.04. The number of benzene rings is 3. The number of carbonyl (C=O) groups is 2. The Labute approximate surface area is 252 Å². The molecule has 0 radical (unpaired) electrons. The number of nitrogens with one attached hydrogen (secondary N) is 1. The molecule has 0 spiro atoms. The first kappa shape index (κ1) is 29.9. The fourth-order valence-corrected chi connectivity index (χ4v) is 5.81. The SMILES string of the molecule is COCCOC(=O)C1=C(C)NC2=C(C(=O)C[C@@H](c3ccc(OC)c(OC)c3)C2)[C@H]1c1cccc(OCc2ccccc2)c1. The molecule has 2 aliphatic rings. The van der Waals surface area contributed by atoms with E-state index in [2.05, 4.69) is 5.32 Å². The van der Waals surface area contributed by atoms with Crippen molar-refractivity contribution in [1.82, 2.24) is 5.32 Å². The van der Waals surface area contributed by atoms with Gasteiger partial charge in [-0.3, -0.25) is 4.79 Å². The van der Waals surface area contributed by atoms with Gasteiger partial charge in [0.1, 0.15) is 19.0 Å². The largest absolute Gasteiger partial charge is 0.493 e. The molecule has 8 nitrogen and oxygen atoms in total. The summed E-state index contributed by atoms with van der Waals surface area (Å²) in [6.07, 6.45) is 0.891. The third kappa shape index (κ3) is 6.60. The lowest BCUT2D eigenvalue weighted by molar-refractivity contribution is -0.140. The van der Waals surface area contributed by atoms with Crippen molar-refractivity contribution in [3.05, 3.63) is 112 Å². The van der Waals surface area contributed by atoms with E-state index in [-0.39, 0.29) is 24.9 Å². The molecular weight excluding hydrogens is 546 g/mol. The summed E-state index contributed by atoms with van der Waals surface area (Å²) in [5.41, 5.74) is 5.27. The molecule has 0 saturated carbocycles. The molecule has 43 heavy (non-hydrogen) atoms. The van der Waals surface area contributed by atoms with Crippen LogP contribution in [0.5, 0.6) is 17.2 Å². The van der Waals surface area contributed by atoms with Gasteiger partial charge in [-0.05, 0) is 60.2 Å². The van der Waals surface area contributed by atoms with Gasteiger partial charge in [0.25, 0.3) is 0 Å². The topological polar surface area (TPSA) is 92.3 Å². The van der Waals surface area contributed by atoms with Crippen LogP contribution in [-0.4, -0.2) is 46.3 Å². The van der Waals surface area contributed by atoms with Crippen molar-refractivity contribution in [3.63, 3.8) is 0 Å². The Morgan fingerprint density at radius 1 is 0.860 bits per heavy atom. The molecule has 1 heterocycles. The minimum absolute atomic E-state index is 0.0242. The number of methoxy groups -OCH3 is 3. The molecule has 1 aliphatic carbocycles. The maximum atomic E-state index is 14.0. The zero-order valence-electron chi connectivity index (χ0n) is 25.0. The maximum Gasteiger partial charge on any atom is 0.336 e. The van der Waals surface area contributed by atoms with Gasteiger partial charge in [0.2, 0.25) is 0 Å². The van der Waals surface area contributed by atoms with Crippen LogP contribution in [-0.2, 0) is 25.7 Å². The molecule has 3 aromatic rings. The van der Waals surface area contributed by atoms with Gasteiger partial charge in [-0.2, -0.15) is 0 Å². The van der Waals surface area contributed by atoms with E-state index in [1.807, 2.05) is 79.7 Å². The summed E-state index contributed by atoms with van der Waals surface area (Å²) < 4.78 is 27.7. The van der Waals surface area contributed by atoms with Crippen LogP contribution < -0.4 is 19.5 Å². The molecule has 5 rings (SSSR count). The van der Waals surface area contributed by atoms with Gasteiger partial charge < -0.3 is 29.0 Å². The Hall–Kier alpha value is -4.56. The number of hydrogen-bond donors (Lipinski definition) is 1. The Kier molecular flexibility index (Phi) is 9.47. The van der Waals surface area contributed by atoms with Crippen LogP contribution in [0.15, 0.2) is 95.3 Å². The number of hydrogen-bond acceptors (Lipinski definition) is 8. The number of rotatable bonds is 11. The highest BCUT2D eigenvalue weighted by Crippen LogP contribution is 2.47. The van der Waals surface area contributed by atoms with Crippen LogP contribution in [0.4, 0.5) is 0 Å². The molecule has 0 aromatic heterocycles. The summed E-state index contributed by atoms with van der Waals surface area (Å²) in [6.45, 7) is 2.64. The van der Waals surface area contributed by atoms with E-state index in [4.69, 9.17) is 23.7 Å². The second-order valence-electron chi connectivity index (χ2n) is 10.6. The lowest BCUT2D eigenvalue weighted by atomic mass is 9.71. The molecule has 224 valence electrons. The molecule has 0 fully saturated rings. The second-order valence-corrected chi connectivity index (χ2v) is 10.6. The smallest absolute Gasteiger partial charge is 0.336 e. The molecule has 0 unspecified atom stereocenters. The highest BCUT2D eigenvalue weighted by atomic mass is 16.6. The summed E-state index contributed by atoms with van der Waals surface area (Å²) in [5.74, 6) is 0.722. The molecule has 1 aliphatic heterocycles. The van der Waals surface area contributed by atoms with Crippen LogP contribution in [0.3, 0.4) is 0 Å². The average molecular weight is 584 g/mol. The molecular formula is C35H37NO7. The summed E-state index contributed by atoms with van der Waals surface area (Å²) in [7, 11) is 4.75. The van der Waals surface area contributed by atoms with Crippen LogP contribution in [0.1, 0.15) is 48.3 Å². The first-order valence-electron chi connectivity index (χ1n) is 14.3. The predicted octanol–water partition coefficient (Wildman–Crippen LogP) is 5.83. The Balaban J connectivity index is 1.50. The number of ether oxygens (including phenoxy) is 5. The molecule has 1 N–H and O–H groups in total. The fourth-order valence-electron chi connectivity index (χ4n) is 5.81. The normalized spacial score (nSPS) is 18.1. The lowest BCUT2D eigenvalue weighted by Gasteiger charge is -2.37. The third-order valence-electron chi connectivity index (χ3n) is 7.89. The van der Waals surface area contributed by atoms with Crippen molar-refractivity contribution in [1.29, 1.82) is 0 Å². The van der Waals surface area contributed by atoms with Crippen molar-refractivity contribution >= 4 is 11.8 Å². The highest BCUT2D eigenvalue weighted by Gasteiger charge is 2.41. The Morgan fingerprint density at radius 3 is 2.40 bits per heavy atom. The van der Waals surface area contributed by atoms with Gasteiger partial charge in [0, 0.05) is 36.4 Å². The Morgan fingerprint density at radius 2 is 1.65 bits per heavy atom. The molecule has 0 saturated heterocycles. The predicted molar refractivity (Wildman–Crippen MR) is 162 cm³/mol. The first-order chi connectivity index (χ1) is 20.9. The van der Waals surface area contributed by atoms with Crippen LogP contribution in [0.25, 0.3) is 0 Å². The standard InChI is InChI=1S/C35H37NO7/c1-22-32(35(38)42-16-15-39-2)33(25-11-8-12-27(17-25)43-21-23-9-6-5-7-10-23)34-28(36-22)18-26(19-29(34)37)24-13-14-30(40-3)31(20-24)41-4/h5-14,17,20,26,33,36H,15-16,18-19,21H2,1-4H3/t26-,33-/m0/s1. The molecule has 0 bridgehead atoms. The van der Waals surface area contributed by atoms with Gasteiger partial charge in [-0.1, -0.05) is 48.5 Å². The second kappa shape index (κ2) is 13.6. The van der Waals surface area contributed by atoms with E-state index >= 15 is 0 Å². The van der Waals surface area contributed by atoms with Gasteiger partial charge in [-0.25, -0.2) is 4.79 Å². The van der Waals surface area contributed by atoms with E-state index in [1.54, 1.807) is 21.3 Å². The number of allylic oxidation sites excluding steroid dienone is 3. The summed E-state index contributed by atoms with van der Waals surface area (Å²) in [5, 5.41) is 3.40. The van der Waals surface area contributed by atoms with Gasteiger partial charge in [-0.15, -0.1) is 0 Å². The van der Waals surface area contributed by atoms with E-state index in [9.17, 15) is 9.59 Å². The Bertz CT molecular complexity index is 1540. The van der Waals surface area contributed by atoms with Gasteiger partial charge in [0.05, 0.1) is 26.4 Å². The van der Waals surface area contributed by atoms with Crippen molar-refractivity contribution < 1.29 is 33.3 Å². The van der Waals surface area contributed by atoms with Crippen molar-refractivity contribution in [2.45, 2.75) is 38.2 Å².